The summed E-state index contributed by atoms with van der Waals surface area (Å²) in [5.74, 6) is 0. The minimum Gasteiger partial charge on any atom is -0.455 e. The highest BCUT2D eigenvalue weighted by Gasteiger charge is 2.21. The molecule has 0 amide bonds. The van der Waals surface area contributed by atoms with E-state index in [0.717, 1.165) is 44.4 Å². The molecule has 0 N–H and O–H groups in total. The van der Waals surface area contributed by atoms with Crippen LogP contribution in [0, 0.1) is 0 Å². The van der Waals surface area contributed by atoms with Crippen LogP contribution in [0.3, 0.4) is 0 Å². The Balaban J connectivity index is 1.35. The average molecular weight is 568 g/mol. The topological polar surface area (TPSA) is 16.4 Å². The minimum absolute atomic E-state index is 0.903. The van der Waals surface area contributed by atoms with Crippen molar-refractivity contribution in [2.75, 3.05) is 4.90 Å². The summed E-state index contributed by atoms with van der Waals surface area (Å²) >= 11 is 1.85. The molecule has 43 heavy (non-hydrogen) atoms. The van der Waals surface area contributed by atoms with Crippen LogP contribution < -0.4 is 4.90 Å². The zero-order valence-electron chi connectivity index (χ0n) is 23.2. The zero-order valence-corrected chi connectivity index (χ0v) is 24.0. The molecule has 0 spiro atoms. The first-order valence-electron chi connectivity index (χ1n) is 14.5. The number of fused-ring (bicyclic) bond motifs is 8. The SMILES string of the molecule is c1ccc(-c2cccc3c2oc2ccc4c(N(c5ccccc5)c5cccc6sc7ccccc7c56)cccc4c23)cc1. The molecule has 0 atom stereocenters. The number of hydrogen-bond acceptors (Lipinski definition) is 3. The molecule has 2 heterocycles. The second kappa shape index (κ2) is 9.59. The third-order valence-corrected chi connectivity index (χ3v) is 9.59. The van der Waals surface area contributed by atoms with Crippen molar-refractivity contribution in [1.29, 1.82) is 0 Å². The van der Waals surface area contributed by atoms with E-state index >= 15 is 0 Å². The van der Waals surface area contributed by atoms with Crippen molar-refractivity contribution in [3.8, 4) is 11.1 Å². The lowest BCUT2D eigenvalue weighted by atomic mass is 9.98. The summed E-state index contributed by atoms with van der Waals surface area (Å²) in [4.78, 5) is 2.42. The largest absolute Gasteiger partial charge is 0.455 e. The van der Waals surface area contributed by atoms with Gasteiger partial charge in [0.15, 0.2) is 0 Å². The lowest BCUT2D eigenvalue weighted by Gasteiger charge is -2.27. The fraction of sp³-hybridized carbons (Fsp3) is 0. The molecule has 3 heteroatoms. The third-order valence-electron chi connectivity index (χ3n) is 8.46. The van der Waals surface area contributed by atoms with Gasteiger partial charge in [0.25, 0.3) is 0 Å². The van der Waals surface area contributed by atoms with Crippen molar-refractivity contribution in [2.24, 2.45) is 0 Å². The second-order valence-corrected chi connectivity index (χ2v) is 12.0. The van der Waals surface area contributed by atoms with Crippen molar-refractivity contribution < 1.29 is 4.42 Å². The van der Waals surface area contributed by atoms with Crippen LogP contribution in [0.15, 0.2) is 156 Å². The fourth-order valence-corrected chi connectivity index (χ4v) is 7.73. The smallest absolute Gasteiger partial charge is 0.143 e. The number of rotatable bonds is 4. The van der Waals surface area contributed by atoms with Gasteiger partial charge >= 0.3 is 0 Å². The number of thiophene rings is 1. The number of para-hydroxylation sites is 2. The molecule has 0 aliphatic carbocycles. The molecule has 0 aliphatic rings. The van der Waals surface area contributed by atoms with E-state index < -0.39 is 0 Å². The molecule has 202 valence electrons. The summed E-state index contributed by atoms with van der Waals surface area (Å²) in [6.07, 6.45) is 0. The summed E-state index contributed by atoms with van der Waals surface area (Å²) in [6.45, 7) is 0. The van der Waals surface area contributed by atoms with Crippen molar-refractivity contribution in [3.05, 3.63) is 152 Å². The molecule has 2 aromatic heterocycles. The van der Waals surface area contributed by atoms with E-state index in [1.54, 1.807) is 0 Å². The molecular weight excluding hydrogens is 543 g/mol. The van der Waals surface area contributed by atoms with Crippen molar-refractivity contribution >= 4 is 81.3 Å². The maximum absolute atomic E-state index is 6.60. The Bertz CT molecular complexity index is 2460. The minimum atomic E-state index is 0.903. The van der Waals surface area contributed by atoms with Gasteiger partial charge in [-0.1, -0.05) is 103 Å². The van der Waals surface area contributed by atoms with Crippen LogP contribution in [0.5, 0.6) is 0 Å². The standard InChI is InChI=1S/C40H25NOS/c1-3-12-26(13-4-1)28-17-9-19-32-38-30-18-10-20-33(29(30)24-25-35(38)42-40(28)32)41(27-14-5-2-6-15-27)34-21-11-23-37-39(34)31-16-7-8-22-36(31)43-37/h1-25H. The van der Waals surface area contributed by atoms with Crippen LogP contribution in [0.1, 0.15) is 0 Å². The van der Waals surface area contributed by atoms with Gasteiger partial charge in [0, 0.05) is 47.6 Å². The molecule has 9 rings (SSSR count). The first kappa shape index (κ1) is 24.2. The highest BCUT2D eigenvalue weighted by Crippen LogP contribution is 2.48. The summed E-state index contributed by atoms with van der Waals surface area (Å²) in [6, 6.07) is 54.1. The van der Waals surface area contributed by atoms with E-state index in [0.29, 0.717) is 0 Å². The molecule has 0 bridgehead atoms. The second-order valence-electron chi connectivity index (χ2n) is 10.9. The van der Waals surface area contributed by atoms with Crippen LogP contribution in [-0.2, 0) is 0 Å². The molecular formula is C40H25NOS. The van der Waals surface area contributed by atoms with Gasteiger partial charge in [0.1, 0.15) is 11.2 Å². The maximum Gasteiger partial charge on any atom is 0.143 e. The van der Waals surface area contributed by atoms with E-state index in [9.17, 15) is 0 Å². The lowest BCUT2D eigenvalue weighted by Crippen LogP contribution is -2.10. The van der Waals surface area contributed by atoms with Gasteiger partial charge in [-0.25, -0.2) is 0 Å². The highest BCUT2D eigenvalue weighted by atomic mass is 32.1. The average Bonchev–Trinajstić information content (AvgIpc) is 3.65. The Morgan fingerprint density at radius 3 is 2.00 bits per heavy atom. The zero-order chi connectivity index (χ0) is 28.3. The normalized spacial score (nSPS) is 11.7. The number of nitrogens with zero attached hydrogens (tertiary/aromatic N) is 1. The van der Waals surface area contributed by atoms with E-state index in [4.69, 9.17) is 4.42 Å². The fourth-order valence-electron chi connectivity index (χ4n) is 6.61. The highest BCUT2D eigenvalue weighted by molar-refractivity contribution is 7.26. The summed E-state index contributed by atoms with van der Waals surface area (Å²) < 4.78 is 9.19. The quantitative estimate of drug-likeness (QED) is 0.210. The van der Waals surface area contributed by atoms with Crippen molar-refractivity contribution in [1.82, 2.24) is 0 Å². The van der Waals surface area contributed by atoms with Crippen molar-refractivity contribution in [2.45, 2.75) is 0 Å². The molecule has 0 aliphatic heterocycles. The van der Waals surface area contributed by atoms with Crippen LogP contribution >= 0.6 is 11.3 Å². The Kier molecular flexibility index (Phi) is 5.40. The summed E-state index contributed by atoms with van der Waals surface area (Å²) in [5, 5.41) is 7.23. The Hall–Kier alpha value is -5.38. The molecule has 9 aromatic rings. The van der Waals surface area contributed by atoms with Gasteiger partial charge in [-0.2, -0.15) is 0 Å². The predicted octanol–water partition coefficient (Wildman–Crippen LogP) is 12.2. The van der Waals surface area contributed by atoms with E-state index in [-0.39, 0.29) is 0 Å². The Morgan fingerprint density at radius 1 is 0.442 bits per heavy atom. The Labute approximate surface area is 252 Å². The predicted molar refractivity (Wildman–Crippen MR) is 184 cm³/mol. The number of anilines is 3. The molecule has 7 aromatic carbocycles. The van der Waals surface area contributed by atoms with E-state index in [1.807, 2.05) is 11.3 Å². The first-order valence-corrected chi connectivity index (χ1v) is 15.3. The van der Waals surface area contributed by atoms with Gasteiger partial charge in [-0.05, 0) is 59.5 Å². The van der Waals surface area contributed by atoms with Crippen LogP contribution in [0.2, 0.25) is 0 Å². The molecule has 0 saturated heterocycles. The number of benzene rings is 7. The van der Waals surface area contributed by atoms with E-state index in [2.05, 4.69) is 157 Å². The maximum atomic E-state index is 6.60. The molecule has 0 unspecified atom stereocenters. The van der Waals surface area contributed by atoms with Crippen LogP contribution in [0.25, 0.3) is 64.0 Å². The summed E-state index contributed by atoms with van der Waals surface area (Å²) in [5.41, 5.74) is 7.54. The van der Waals surface area contributed by atoms with Crippen molar-refractivity contribution in [3.63, 3.8) is 0 Å². The van der Waals surface area contributed by atoms with Gasteiger partial charge in [-0.15, -0.1) is 11.3 Å². The lowest BCUT2D eigenvalue weighted by molar-refractivity contribution is 0.670. The van der Waals surface area contributed by atoms with Crippen LogP contribution in [-0.4, -0.2) is 0 Å². The van der Waals surface area contributed by atoms with E-state index in [1.165, 1.54) is 36.6 Å². The number of hydrogen-bond donors (Lipinski definition) is 0. The molecule has 0 radical (unpaired) electrons. The van der Waals surface area contributed by atoms with Gasteiger partial charge in [0.05, 0.1) is 11.4 Å². The van der Waals surface area contributed by atoms with Gasteiger partial charge in [0.2, 0.25) is 0 Å². The molecule has 2 nitrogen and oxygen atoms in total. The monoisotopic (exact) mass is 567 g/mol. The van der Waals surface area contributed by atoms with Gasteiger partial charge < -0.3 is 9.32 Å². The molecule has 0 saturated carbocycles. The first-order chi connectivity index (χ1) is 21.3. The van der Waals surface area contributed by atoms with Crippen LogP contribution in [0.4, 0.5) is 17.1 Å². The Morgan fingerprint density at radius 2 is 1.12 bits per heavy atom. The summed E-state index contributed by atoms with van der Waals surface area (Å²) in [7, 11) is 0. The third kappa shape index (κ3) is 3.72. The van der Waals surface area contributed by atoms with Gasteiger partial charge in [-0.3, -0.25) is 0 Å². The molecule has 0 fully saturated rings. The number of furan rings is 1.